The Labute approximate surface area is 173 Å². The molecule has 0 bridgehead atoms. The largest absolute Gasteiger partial charge is 0.327 e. The maximum Gasteiger partial charge on any atom is 0.327 e. The number of hydrogen-bond donors (Lipinski definition) is 1. The van der Waals surface area contributed by atoms with Crippen LogP contribution in [-0.2, 0) is 6.54 Å². The predicted molar refractivity (Wildman–Crippen MR) is 110 cm³/mol. The van der Waals surface area contributed by atoms with E-state index in [9.17, 15) is 14.4 Å². The Bertz CT molecular complexity index is 1520. The Kier molecular flexibility index (Phi) is 4.12. The maximum atomic E-state index is 14.3. The molecule has 0 aliphatic heterocycles. The van der Waals surface area contributed by atoms with E-state index in [0.717, 1.165) is 0 Å². The van der Waals surface area contributed by atoms with Crippen molar-refractivity contribution in [1.29, 1.82) is 5.26 Å². The van der Waals surface area contributed by atoms with Crippen molar-refractivity contribution in [3.8, 4) is 11.9 Å². The van der Waals surface area contributed by atoms with Crippen LogP contribution in [0.15, 0.2) is 59.7 Å². The normalized spacial score (nSPS) is 11.2. The average Bonchev–Trinajstić information content (AvgIpc) is 3.30. The van der Waals surface area contributed by atoms with Gasteiger partial charge >= 0.3 is 5.69 Å². The van der Waals surface area contributed by atoms with Crippen LogP contribution in [-0.4, -0.2) is 24.1 Å². The van der Waals surface area contributed by atoms with E-state index < -0.39 is 11.5 Å². The quantitative estimate of drug-likeness (QED) is 0.482. The number of nitriles is 1. The SMILES string of the molecule is N#Cc1ccc2ncn(-c3ccc4[nH]c(=O)n(Cc5c(F)cccc5Cl)c4n3)c2c1. The average molecular weight is 419 g/mol. The molecule has 0 radical (unpaired) electrons. The highest BCUT2D eigenvalue weighted by molar-refractivity contribution is 6.31. The van der Waals surface area contributed by atoms with E-state index in [4.69, 9.17) is 11.6 Å². The Morgan fingerprint density at radius 2 is 2.07 bits per heavy atom. The van der Waals surface area contributed by atoms with Crippen molar-refractivity contribution in [3.05, 3.63) is 87.3 Å². The van der Waals surface area contributed by atoms with E-state index >= 15 is 0 Å². The number of fused-ring (bicyclic) bond motifs is 2. The van der Waals surface area contributed by atoms with Crippen LogP contribution in [0.4, 0.5) is 4.39 Å². The van der Waals surface area contributed by atoms with Gasteiger partial charge in [-0.25, -0.2) is 19.2 Å². The van der Waals surface area contributed by atoms with Gasteiger partial charge < -0.3 is 4.98 Å². The smallest absolute Gasteiger partial charge is 0.304 e. The molecule has 0 saturated carbocycles. The molecule has 7 nitrogen and oxygen atoms in total. The number of nitrogens with zero attached hydrogens (tertiary/aromatic N) is 5. The second kappa shape index (κ2) is 6.83. The molecule has 0 fully saturated rings. The molecule has 30 heavy (non-hydrogen) atoms. The summed E-state index contributed by atoms with van der Waals surface area (Å²) in [4.78, 5) is 24.2. The molecule has 0 aliphatic rings. The highest BCUT2D eigenvalue weighted by atomic mass is 35.5. The Morgan fingerprint density at radius 3 is 2.87 bits per heavy atom. The summed E-state index contributed by atoms with van der Waals surface area (Å²) < 4.78 is 17.3. The molecule has 3 aromatic heterocycles. The van der Waals surface area contributed by atoms with Crippen LogP contribution in [0.1, 0.15) is 11.1 Å². The minimum atomic E-state index is -0.496. The van der Waals surface area contributed by atoms with Crippen LogP contribution in [0.3, 0.4) is 0 Å². The number of imidazole rings is 2. The summed E-state index contributed by atoms with van der Waals surface area (Å²) >= 11 is 6.13. The summed E-state index contributed by atoms with van der Waals surface area (Å²) in [6.45, 7) is -0.0654. The molecular formula is C21H12ClFN6O. The highest BCUT2D eigenvalue weighted by Crippen LogP contribution is 2.23. The molecule has 2 aromatic carbocycles. The van der Waals surface area contributed by atoms with E-state index in [1.54, 1.807) is 47.3 Å². The van der Waals surface area contributed by atoms with Gasteiger partial charge in [-0.1, -0.05) is 17.7 Å². The van der Waals surface area contributed by atoms with Gasteiger partial charge in [0.15, 0.2) is 5.65 Å². The van der Waals surface area contributed by atoms with Crippen LogP contribution < -0.4 is 5.69 Å². The predicted octanol–water partition coefficient (Wildman–Crippen LogP) is 3.78. The number of hydrogen-bond acceptors (Lipinski definition) is 4. The second-order valence-corrected chi connectivity index (χ2v) is 7.09. The van der Waals surface area contributed by atoms with E-state index in [2.05, 4.69) is 21.0 Å². The molecule has 0 saturated heterocycles. The summed E-state index contributed by atoms with van der Waals surface area (Å²) in [7, 11) is 0. The van der Waals surface area contributed by atoms with Crippen LogP contribution in [0.25, 0.3) is 28.0 Å². The number of rotatable bonds is 3. The number of aromatic amines is 1. The Hall–Kier alpha value is -3.96. The lowest BCUT2D eigenvalue weighted by Crippen LogP contribution is -2.18. The monoisotopic (exact) mass is 418 g/mol. The number of benzene rings is 2. The summed E-state index contributed by atoms with van der Waals surface area (Å²) in [5.41, 5.74) is 2.58. The second-order valence-electron chi connectivity index (χ2n) is 6.69. The van der Waals surface area contributed by atoms with Crippen molar-refractivity contribution in [2.75, 3.05) is 0 Å². The summed E-state index contributed by atoms with van der Waals surface area (Å²) in [5, 5.41) is 9.42. The van der Waals surface area contributed by atoms with Crippen molar-refractivity contribution in [1.82, 2.24) is 24.1 Å². The molecule has 0 spiro atoms. The van der Waals surface area contributed by atoms with Gasteiger partial charge in [0.2, 0.25) is 0 Å². The highest BCUT2D eigenvalue weighted by Gasteiger charge is 2.15. The van der Waals surface area contributed by atoms with Gasteiger partial charge in [0, 0.05) is 10.6 Å². The molecule has 5 rings (SSSR count). The minimum Gasteiger partial charge on any atom is -0.304 e. The number of pyridine rings is 1. The van der Waals surface area contributed by atoms with Gasteiger partial charge in [-0.05, 0) is 42.5 Å². The zero-order valence-electron chi connectivity index (χ0n) is 15.3. The summed E-state index contributed by atoms with van der Waals surface area (Å²) in [6, 6.07) is 15.1. The fourth-order valence-corrected chi connectivity index (χ4v) is 3.63. The fraction of sp³-hybridized carbons (Fsp3) is 0.0476. The molecule has 3 heterocycles. The van der Waals surface area contributed by atoms with Crippen LogP contribution >= 0.6 is 11.6 Å². The van der Waals surface area contributed by atoms with E-state index in [-0.39, 0.29) is 17.1 Å². The Morgan fingerprint density at radius 1 is 1.20 bits per heavy atom. The number of nitrogens with one attached hydrogen (secondary N) is 1. The van der Waals surface area contributed by atoms with Crippen molar-refractivity contribution in [2.24, 2.45) is 0 Å². The molecule has 0 atom stereocenters. The number of halogens is 2. The van der Waals surface area contributed by atoms with Crippen molar-refractivity contribution in [3.63, 3.8) is 0 Å². The van der Waals surface area contributed by atoms with Gasteiger partial charge in [0.1, 0.15) is 18.0 Å². The number of aromatic nitrogens is 5. The Balaban J connectivity index is 1.68. The third kappa shape index (κ3) is 2.84. The lowest BCUT2D eigenvalue weighted by molar-refractivity contribution is 0.598. The van der Waals surface area contributed by atoms with Crippen LogP contribution in [0.5, 0.6) is 0 Å². The van der Waals surface area contributed by atoms with Gasteiger partial charge in [-0.2, -0.15) is 5.26 Å². The van der Waals surface area contributed by atoms with Crippen molar-refractivity contribution < 1.29 is 4.39 Å². The minimum absolute atomic E-state index is 0.0654. The first-order valence-corrected chi connectivity index (χ1v) is 9.33. The summed E-state index contributed by atoms with van der Waals surface area (Å²) in [5.74, 6) is 0.0111. The molecule has 0 unspecified atom stereocenters. The molecule has 9 heteroatoms. The molecule has 0 amide bonds. The zero-order chi connectivity index (χ0) is 20.8. The first kappa shape index (κ1) is 18.1. The van der Waals surface area contributed by atoms with Crippen molar-refractivity contribution >= 4 is 33.8 Å². The van der Waals surface area contributed by atoms with Gasteiger partial charge in [-0.3, -0.25) is 9.13 Å². The van der Waals surface area contributed by atoms with E-state index in [1.165, 1.54) is 16.7 Å². The lowest BCUT2D eigenvalue weighted by Gasteiger charge is -2.08. The van der Waals surface area contributed by atoms with Crippen LogP contribution in [0.2, 0.25) is 5.02 Å². The molecule has 5 aromatic rings. The van der Waals surface area contributed by atoms with Crippen LogP contribution in [0, 0.1) is 17.1 Å². The first-order valence-electron chi connectivity index (χ1n) is 8.95. The van der Waals surface area contributed by atoms with Gasteiger partial charge in [0.25, 0.3) is 0 Å². The summed E-state index contributed by atoms with van der Waals surface area (Å²) in [6.07, 6.45) is 1.60. The topological polar surface area (TPSA) is 92.3 Å². The molecular weight excluding hydrogens is 407 g/mol. The standard InChI is InChI=1S/C21H12ClFN6O/c22-14-2-1-3-15(23)13(14)10-28-20-17(26-21(28)30)6-7-19(27-20)29-11-25-16-5-4-12(9-24)8-18(16)29/h1-8,11H,10H2,(H,26,30). The molecule has 1 N–H and O–H groups in total. The third-order valence-corrected chi connectivity index (χ3v) is 5.26. The zero-order valence-corrected chi connectivity index (χ0v) is 16.1. The van der Waals surface area contributed by atoms with Gasteiger partial charge in [0.05, 0.1) is 34.7 Å². The van der Waals surface area contributed by atoms with E-state index in [0.29, 0.717) is 33.6 Å². The molecule has 0 aliphatic carbocycles. The first-order chi connectivity index (χ1) is 14.5. The fourth-order valence-electron chi connectivity index (χ4n) is 3.40. The number of H-pyrrole nitrogens is 1. The molecule has 146 valence electrons. The van der Waals surface area contributed by atoms with E-state index in [1.807, 2.05) is 0 Å². The third-order valence-electron chi connectivity index (χ3n) is 4.90. The van der Waals surface area contributed by atoms with Crippen molar-refractivity contribution in [2.45, 2.75) is 6.54 Å². The lowest BCUT2D eigenvalue weighted by atomic mass is 10.2. The maximum absolute atomic E-state index is 14.3. The van der Waals surface area contributed by atoms with Gasteiger partial charge in [-0.15, -0.1) is 0 Å².